The Hall–Kier alpha value is -1.35. The standard InChI is InChI=1S/C17H25NO2/c1-4-5-14-9-17(20)18(10-14)11-16(19)15-7-6-12(2)13(3)8-15/h6-8,14,16,19H,4-5,9-11H2,1-3H3. The number of aliphatic hydroxyl groups is 1. The van der Waals surface area contributed by atoms with E-state index < -0.39 is 6.10 Å². The first-order valence-corrected chi connectivity index (χ1v) is 7.54. The summed E-state index contributed by atoms with van der Waals surface area (Å²) in [6.45, 7) is 7.47. The molecule has 1 N–H and O–H groups in total. The third-order valence-electron chi connectivity index (χ3n) is 4.30. The number of carbonyl (C=O) groups excluding carboxylic acids is 1. The third kappa shape index (κ3) is 3.40. The summed E-state index contributed by atoms with van der Waals surface area (Å²) >= 11 is 0. The Labute approximate surface area is 121 Å². The van der Waals surface area contributed by atoms with Crippen LogP contribution in [0.15, 0.2) is 18.2 Å². The Balaban J connectivity index is 1.99. The molecule has 2 unspecified atom stereocenters. The third-order valence-corrected chi connectivity index (χ3v) is 4.30. The fraction of sp³-hybridized carbons (Fsp3) is 0.588. The van der Waals surface area contributed by atoms with E-state index in [0.717, 1.165) is 24.9 Å². The van der Waals surface area contributed by atoms with E-state index in [1.165, 1.54) is 11.1 Å². The van der Waals surface area contributed by atoms with Crippen LogP contribution in [0.2, 0.25) is 0 Å². The summed E-state index contributed by atoms with van der Waals surface area (Å²) in [5.41, 5.74) is 3.30. The number of carbonyl (C=O) groups is 1. The van der Waals surface area contributed by atoms with E-state index >= 15 is 0 Å². The minimum absolute atomic E-state index is 0.186. The molecule has 0 radical (unpaired) electrons. The van der Waals surface area contributed by atoms with Crippen LogP contribution >= 0.6 is 0 Å². The van der Waals surface area contributed by atoms with Crippen LogP contribution in [0.1, 0.15) is 49.0 Å². The van der Waals surface area contributed by atoms with Gasteiger partial charge in [-0.15, -0.1) is 0 Å². The Kier molecular flexibility index (Phi) is 4.81. The molecule has 0 saturated carbocycles. The van der Waals surface area contributed by atoms with E-state index in [1.54, 1.807) is 0 Å². The van der Waals surface area contributed by atoms with Gasteiger partial charge < -0.3 is 10.0 Å². The van der Waals surface area contributed by atoms with Crippen molar-refractivity contribution in [3.05, 3.63) is 34.9 Å². The highest BCUT2D eigenvalue weighted by atomic mass is 16.3. The van der Waals surface area contributed by atoms with Crippen molar-refractivity contribution in [2.45, 2.75) is 46.1 Å². The van der Waals surface area contributed by atoms with Gasteiger partial charge in [0, 0.05) is 13.0 Å². The molecule has 110 valence electrons. The van der Waals surface area contributed by atoms with Crippen LogP contribution in [-0.4, -0.2) is 29.0 Å². The average Bonchev–Trinajstić information content (AvgIpc) is 2.73. The summed E-state index contributed by atoms with van der Waals surface area (Å²) in [6, 6.07) is 6.00. The van der Waals surface area contributed by atoms with Gasteiger partial charge in [0.05, 0.1) is 12.6 Å². The molecule has 0 spiro atoms. The summed E-state index contributed by atoms with van der Waals surface area (Å²) in [7, 11) is 0. The molecule has 3 nitrogen and oxygen atoms in total. The molecular formula is C17H25NO2. The van der Waals surface area contributed by atoms with Gasteiger partial charge in [-0.2, -0.15) is 0 Å². The second kappa shape index (κ2) is 6.40. The van der Waals surface area contributed by atoms with E-state index in [0.29, 0.717) is 18.9 Å². The number of rotatable bonds is 5. The van der Waals surface area contributed by atoms with Crippen LogP contribution in [-0.2, 0) is 4.79 Å². The molecule has 1 aliphatic heterocycles. The number of nitrogens with zero attached hydrogens (tertiary/aromatic N) is 1. The van der Waals surface area contributed by atoms with E-state index in [-0.39, 0.29) is 5.91 Å². The highest BCUT2D eigenvalue weighted by molar-refractivity contribution is 5.78. The Morgan fingerprint density at radius 1 is 1.35 bits per heavy atom. The topological polar surface area (TPSA) is 40.5 Å². The Bertz CT molecular complexity index is 484. The molecule has 1 amide bonds. The van der Waals surface area contributed by atoms with Gasteiger partial charge >= 0.3 is 0 Å². The number of β-amino-alcohol motifs (C(OH)–C–C–N with tert-alkyl or cyclic N) is 1. The minimum Gasteiger partial charge on any atom is -0.387 e. The van der Waals surface area contributed by atoms with Gasteiger partial charge in [0.25, 0.3) is 0 Å². The molecule has 0 bridgehead atoms. The fourth-order valence-corrected chi connectivity index (χ4v) is 2.92. The second-order valence-corrected chi connectivity index (χ2v) is 6.02. The molecule has 0 aromatic heterocycles. The predicted molar refractivity (Wildman–Crippen MR) is 80.5 cm³/mol. The van der Waals surface area contributed by atoms with Crippen LogP contribution in [0.25, 0.3) is 0 Å². The number of aryl methyl sites for hydroxylation is 2. The zero-order valence-corrected chi connectivity index (χ0v) is 12.7. The smallest absolute Gasteiger partial charge is 0.223 e. The summed E-state index contributed by atoms with van der Waals surface area (Å²) in [5, 5.41) is 10.3. The van der Waals surface area contributed by atoms with Crippen molar-refractivity contribution in [3.63, 3.8) is 0 Å². The van der Waals surface area contributed by atoms with Crippen molar-refractivity contribution in [2.75, 3.05) is 13.1 Å². The molecule has 0 aliphatic carbocycles. The Morgan fingerprint density at radius 3 is 2.75 bits per heavy atom. The summed E-state index contributed by atoms with van der Waals surface area (Å²) in [5.74, 6) is 0.658. The van der Waals surface area contributed by atoms with Crippen LogP contribution in [0, 0.1) is 19.8 Å². The number of aliphatic hydroxyl groups excluding tert-OH is 1. The molecule has 1 aromatic carbocycles. The zero-order chi connectivity index (χ0) is 14.7. The predicted octanol–water partition coefficient (Wildman–Crippen LogP) is 2.99. The Morgan fingerprint density at radius 2 is 2.10 bits per heavy atom. The van der Waals surface area contributed by atoms with E-state index in [1.807, 2.05) is 30.0 Å². The summed E-state index contributed by atoms with van der Waals surface area (Å²) in [4.78, 5) is 13.8. The molecule has 1 aliphatic rings. The van der Waals surface area contributed by atoms with E-state index in [2.05, 4.69) is 13.8 Å². The minimum atomic E-state index is -0.585. The van der Waals surface area contributed by atoms with Crippen molar-refractivity contribution in [2.24, 2.45) is 5.92 Å². The van der Waals surface area contributed by atoms with Gasteiger partial charge in [0.1, 0.15) is 0 Å². The van der Waals surface area contributed by atoms with Gasteiger partial charge in [-0.1, -0.05) is 31.5 Å². The molecule has 1 saturated heterocycles. The number of likely N-dealkylation sites (tertiary alicyclic amines) is 1. The van der Waals surface area contributed by atoms with Crippen molar-refractivity contribution in [3.8, 4) is 0 Å². The normalized spacial score (nSPS) is 20.5. The molecule has 1 fully saturated rings. The number of benzene rings is 1. The molecule has 1 heterocycles. The van der Waals surface area contributed by atoms with Gasteiger partial charge in [0.15, 0.2) is 0 Å². The van der Waals surface area contributed by atoms with Gasteiger partial charge in [-0.25, -0.2) is 0 Å². The lowest BCUT2D eigenvalue weighted by atomic mass is 10.0. The van der Waals surface area contributed by atoms with Crippen LogP contribution in [0.5, 0.6) is 0 Å². The molecular weight excluding hydrogens is 250 g/mol. The maximum absolute atomic E-state index is 12.0. The highest BCUT2D eigenvalue weighted by Crippen LogP contribution is 2.25. The van der Waals surface area contributed by atoms with Crippen molar-refractivity contribution in [1.82, 2.24) is 4.90 Å². The lowest BCUT2D eigenvalue weighted by Gasteiger charge is -2.21. The average molecular weight is 275 g/mol. The molecule has 1 aromatic rings. The van der Waals surface area contributed by atoms with E-state index in [4.69, 9.17) is 0 Å². The van der Waals surface area contributed by atoms with Crippen LogP contribution in [0.3, 0.4) is 0 Å². The fourth-order valence-electron chi connectivity index (χ4n) is 2.92. The molecule has 2 atom stereocenters. The lowest BCUT2D eigenvalue weighted by molar-refractivity contribution is -0.129. The number of amides is 1. The van der Waals surface area contributed by atoms with Crippen molar-refractivity contribution < 1.29 is 9.90 Å². The van der Waals surface area contributed by atoms with Gasteiger partial charge in [0.2, 0.25) is 5.91 Å². The first-order chi connectivity index (χ1) is 9.51. The molecule has 2 rings (SSSR count). The van der Waals surface area contributed by atoms with Gasteiger partial charge in [-0.05, 0) is 42.9 Å². The first kappa shape index (κ1) is 15.0. The SMILES string of the molecule is CCCC1CC(=O)N(CC(O)c2ccc(C)c(C)c2)C1. The van der Waals surface area contributed by atoms with Crippen molar-refractivity contribution >= 4 is 5.91 Å². The largest absolute Gasteiger partial charge is 0.387 e. The zero-order valence-electron chi connectivity index (χ0n) is 12.7. The van der Waals surface area contributed by atoms with Crippen LogP contribution in [0.4, 0.5) is 0 Å². The highest BCUT2D eigenvalue weighted by Gasteiger charge is 2.30. The maximum Gasteiger partial charge on any atom is 0.223 e. The monoisotopic (exact) mass is 275 g/mol. The summed E-state index contributed by atoms with van der Waals surface area (Å²) in [6.07, 6.45) is 2.28. The second-order valence-electron chi connectivity index (χ2n) is 6.02. The first-order valence-electron chi connectivity index (χ1n) is 7.54. The number of hydrogen-bond donors (Lipinski definition) is 1. The van der Waals surface area contributed by atoms with Crippen molar-refractivity contribution in [1.29, 1.82) is 0 Å². The molecule has 20 heavy (non-hydrogen) atoms. The molecule has 3 heteroatoms. The quantitative estimate of drug-likeness (QED) is 0.897. The van der Waals surface area contributed by atoms with E-state index in [9.17, 15) is 9.90 Å². The number of hydrogen-bond acceptors (Lipinski definition) is 2. The van der Waals surface area contributed by atoms with Crippen LogP contribution < -0.4 is 0 Å². The summed E-state index contributed by atoms with van der Waals surface area (Å²) < 4.78 is 0. The lowest BCUT2D eigenvalue weighted by Crippen LogP contribution is -2.30. The maximum atomic E-state index is 12.0. The van der Waals surface area contributed by atoms with Gasteiger partial charge in [-0.3, -0.25) is 4.79 Å².